The Morgan fingerprint density at radius 3 is 2.29 bits per heavy atom. The van der Waals surface area contributed by atoms with E-state index in [1.165, 1.54) is 32.1 Å². The van der Waals surface area contributed by atoms with Gasteiger partial charge in [-0.1, -0.05) is 12.1 Å². The predicted molar refractivity (Wildman–Crippen MR) is 128 cm³/mol. The number of hydrogen-bond acceptors (Lipinski definition) is 8. The predicted octanol–water partition coefficient (Wildman–Crippen LogP) is 4.97. The van der Waals surface area contributed by atoms with Crippen molar-refractivity contribution >= 4 is 34.8 Å². The minimum atomic E-state index is -2.00. The third-order valence-electron chi connectivity index (χ3n) is 5.38. The Morgan fingerprint density at radius 2 is 1.68 bits per heavy atom. The van der Waals surface area contributed by atoms with Crippen molar-refractivity contribution in [3.05, 3.63) is 65.0 Å². The lowest BCUT2D eigenvalue weighted by Gasteiger charge is -2.20. The van der Waals surface area contributed by atoms with Crippen LogP contribution in [-0.2, 0) is 9.59 Å². The van der Waals surface area contributed by atoms with Gasteiger partial charge in [-0.2, -0.15) is 0 Å². The average Bonchev–Trinajstić information content (AvgIpc) is 3.50. The maximum absolute atomic E-state index is 12.9. The van der Waals surface area contributed by atoms with E-state index in [1.54, 1.807) is 43.8 Å². The van der Waals surface area contributed by atoms with Gasteiger partial charge in [-0.25, -0.2) is 0 Å². The fourth-order valence-corrected chi connectivity index (χ4v) is 4.40. The first-order valence-electron chi connectivity index (χ1n) is 10.4. The molecule has 0 spiro atoms. The monoisotopic (exact) mass is 478 g/mol. The van der Waals surface area contributed by atoms with Gasteiger partial charge in [0.2, 0.25) is 11.6 Å². The Morgan fingerprint density at radius 1 is 0.941 bits per heavy atom. The van der Waals surface area contributed by atoms with Crippen LogP contribution in [0.3, 0.4) is 0 Å². The number of fused-ring (bicyclic) bond motifs is 1. The molecule has 0 N–H and O–H groups in total. The van der Waals surface area contributed by atoms with E-state index < -0.39 is 17.4 Å². The van der Waals surface area contributed by atoms with Crippen LogP contribution in [0.15, 0.2) is 53.9 Å². The molecule has 0 amide bonds. The van der Waals surface area contributed by atoms with Gasteiger partial charge in [-0.05, 0) is 53.4 Å². The van der Waals surface area contributed by atoms with Crippen molar-refractivity contribution in [2.45, 2.75) is 19.6 Å². The van der Waals surface area contributed by atoms with E-state index in [4.69, 9.17) is 18.9 Å². The molecular formula is C26H22O7S. The zero-order valence-electron chi connectivity index (χ0n) is 19.0. The summed E-state index contributed by atoms with van der Waals surface area (Å²) in [7, 11) is 3.14. The molecule has 7 nitrogen and oxygen atoms in total. The highest BCUT2D eigenvalue weighted by Crippen LogP contribution is 2.42. The van der Waals surface area contributed by atoms with E-state index in [0.717, 1.165) is 16.0 Å². The van der Waals surface area contributed by atoms with Crippen LogP contribution in [0.25, 0.3) is 16.5 Å². The quantitative estimate of drug-likeness (QED) is 0.256. The first-order valence-corrected chi connectivity index (χ1v) is 11.2. The van der Waals surface area contributed by atoms with Gasteiger partial charge in [0.25, 0.3) is 0 Å². The molecule has 0 unspecified atom stereocenters. The largest absolute Gasteiger partial charge is 0.493 e. The first-order chi connectivity index (χ1) is 16.3. The summed E-state index contributed by atoms with van der Waals surface area (Å²) in [5, 5.41) is 1.97. The van der Waals surface area contributed by atoms with Crippen LogP contribution in [0.5, 0.6) is 23.0 Å². The lowest BCUT2D eigenvalue weighted by atomic mass is 10.0. The molecule has 0 fully saturated rings. The highest BCUT2D eigenvalue weighted by atomic mass is 32.1. The molecule has 0 saturated carbocycles. The molecule has 1 aliphatic heterocycles. The SMILES string of the molecule is COc1cc(/C=C/C(=O)c2ccc3c(c2)OC(C(C)=O)(C(C)=O)O3)cc(-c2cccs2)c1OC. The number of hydrogen-bond donors (Lipinski definition) is 0. The first kappa shape index (κ1) is 23.3. The zero-order valence-corrected chi connectivity index (χ0v) is 19.9. The van der Waals surface area contributed by atoms with Crippen molar-refractivity contribution in [2.75, 3.05) is 14.2 Å². The van der Waals surface area contributed by atoms with Crippen molar-refractivity contribution in [3.63, 3.8) is 0 Å². The molecule has 2 aromatic carbocycles. The molecule has 0 bridgehead atoms. The average molecular weight is 479 g/mol. The van der Waals surface area contributed by atoms with Crippen molar-refractivity contribution in [2.24, 2.45) is 0 Å². The van der Waals surface area contributed by atoms with Gasteiger partial charge in [-0.15, -0.1) is 11.3 Å². The molecule has 2 heterocycles. The molecule has 34 heavy (non-hydrogen) atoms. The van der Waals surface area contributed by atoms with E-state index >= 15 is 0 Å². The van der Waals surface area contributed by atoms with E-state index in [0.29, 0.717) is 17.1 Å². The normalized spacial score (nSPS) is 13.6. The van der Waals surface area contributed by atoms with E-state index in [-0.39, 0.29) is 17.3 Å². The molecule has 8 heteroatoms. The van der Waals surface area contributed by atoms with Crippen LogP contribution in [0, 0.1) is 0 Å². The maximum atomic E-state index is 12.9. The van der Waals surface area contributed by atoms with Crippen molar-refractivity contribution < 1.29 is 33.3 Å². The standard InChI is InChI=1S/C26H22O7S/c1-15(27)26(16(2)28)32-21-10-8-18(14-22(21)33-26)20(29)9-7-17-12-19(24-6-5-11-34-24)25(31-4)23(13-17)30-3/h5-14H,1-4H3/b9-7+. The lowest BCUT2D eigenvalue weighted by molar-refractivity contribution is -0.165. The summed E-state index contributed by atoms with van der Waals surface area (Å²) in [6.45, 7) is 2.44. The Kier molecular flexibility index (Phi) is 6.26. The fraction of sp³-hybridized carbons (Fsp3) is 0.192. The summed E-state index contributed by atoms with van der Waals surface area (Å²) in [5.41, 5.74) is 1.93. The Labute approximate surface area is 200 Å². The van der Waals surface area contributed by atoms with Crippen LogP contribution in [0.1, 0.15) is 29.8 Å². The number of ketones is 3. The summed E-state index contributed by atoms with van der Waals surface area (Å²) in [5.74, 6) is -1.88. The topological polar surface area (TPSA) is 88.1 Å². The number of methoxy groups -OCH3 is 2. The molecule has 0 atom stereocenters. The minimum Gasteiger partial charge on any atom is -0.493 e. The molecule has 0 radical (unpaired) electrons. The number of ether oxygens (including phenoxy) is 4. The van der Waals surface area contributed by atoms with Crippen LogP contribution < -0.4 is 18.9 Å². The third kappa shape index (κ3) is 4.08. The molecule has 0 saturated heterocycles. The molecular weight excluding hydrogens is 456 g/mol. The fourth-order valence-electron chi connectivity index (χ4n) is 3.66. The summed E-state index contributed by atoms with van der Waals surface area (Å²) in [6, 6.07) is 12.2. The molecule has 174 valence electrons. The summed E-state index contributed by atoms with van der Waals surface area (Å²) in [4.78, 5) is 37.9. The number of carbonyl (C=O) groups is 3. The number of allylic oxidation sites excluding steroid dienone is 1. The number of carbonyl (C=O) groups excluding carboxylic acids is 3. The Bertz CT molecular complexity index is 1290. The summed E-state index contributed by atoms with van der Waals surface area (Å²) in [6.07, 6.45) is 3.11. The molecule has 1 aromatic heterocycles. The number of benzene rings is 2. The van der Waals surface area contributed by atoms with E-state index in [1.807, 2.05) is 23.6 Å². The van der Waals surface area contributed by atoms with Crippen molar-refractivity contribution in [1.29, 1.82) is 0 Å². The smallest absolute Gasteiger partial charge is 0.373 e. The number of thiophene rings is 1. The second-order valence-electron chi connectivity index (χ2n) is 7.57. The Hall–Kier alpha value is -3.91. The highest BCUT2D eigenvalue weighted by molar-refractivity contribution is 7.13. The maximum Gasteiger partial charge on any atom is 0.373 e. The van der Waals surface area contributed by atoms with Gasteiger partial charge in [-0.3, -0.25) is 14.4 Å². The second-order valence-corrected chi connectivity index (χ2v) is 8.52. The van der Waals surface area contributed by atoms with Crippen LogP contribution in [0.2, 0.25) is 0 Å². The third-order valence-corrected chi connectivity index (χ3v) is 6.28. The van der Waals surface area contributed by atoms with Gasteiger partial charge < -0.3 is 18.9 Å². The molecule has 0 aliphatic carbocycles. The van der Waals surface area contributed by atoms with Crippen LogP contribution in [-0.4, -0.2) is 37.4 Å². The summed E-state index contributed by atoms with van der Waals surface area (Å²) < 4.78 is 22.1. The van der Waals surface area contributed by atoms with Crippen LogP contribution in [0.4, 0.5) is 0 Å². The molecule has 4 rings (SSSR count). The van der Waals surface area contributed by atoms with Crippen molar-refractivity contribution in [3.8, 4) is 33.4 Å². The molecule has 3 aromatic rings. The molecule has 1 aliphatic rings. The Balaban J connectivity index is 1.62. The van der Waals surface area contributed by atoms with Crippen molar-refractivity contribution in [1.82, 2.24) is 0 Å². The van der Waals surface area contributed by atoms with Crippen LogP contribution >= 0.6 is 11.3 Å². The van der Waals surface area contributed by atoms with E-state index in [9.17, 15) is 14.4 Å². The summed E-state index contributed by atoms with van der Waals surface area (Å²) >= 11 is 1.57. The van der Waals surface area contributed by atoms with Gasteiger partial charge in [0.1, 0.15) is 0 Å². The van der Waals surface area contributed by atoms with Gasteiger partial charge in [0.05, 0.1) is 14.2 Å². The second kappa shape index (κ2) is 9.15. The highest BCUT2D eigenvalue weighted by Gasteiger charge is 2.51. The number of rotatable bonds is 8. The van der Waals surface area contributed by atoms with Gasteiger partial charge in [0.15, 0.2) is 28.8 Å². The number of Topliss-reactive ketones (excluding diaryl/α,β-unsaturated/α-hetero) is 2. The lowest BCUT2D eigenvalue weighted by Crippen LogP contribution is -2.51. The minimum absolute atomic E-state index is 0.163. The zero-order chi connectivity index (χ0) is 24.5. The van der Waals surface area contributed by atoms with Gasteiger partial charge >= 0.3 is 5.79 Å². The van der Waals surface area contributed by atoms with E-state index in [2.05, 4.69) is 0 Å². The van der Waals surface area contributed by atoms with Gasteiger partial charge in [0, 0.05) is 29.9 Å².